The van der Waals surface area contributed by atoms with Gasteiger partial charge < -0.3 is 5.32 Å². The summed E-state index contributed by atoms with van der Waals surface area (Å²) in [6.07, 6.45) is 2.34. The molecule has 1 atom stereocenters. The fourth-order valence-corrected chi connectivity index (χ4v) is 2.13. The first kappa shape index (κ1) is 16.5. The minimum atomic E-state index is -3.26. The average molecular weight is 298 g/mol. The van der Waals surface area contributed by atoms with Crippen LogP contribution in [0.1, 0.15) is 25.8 Å². The minimum Gasteiger partial charge on any atom is -0.353 e. The number of carbonyl (C=O) groups excluding carboxylic acids is 1. The summed E-state index contributed by atoms with van der Waals surface area (Å²) >= 11 is 0. The van der Waals surface area contributed by atoms with Crippen LogP contribution in [0, 0.1) is 0 Å². The molecular weight excluding hydrogens is 276 g/mol. The maximum atomic E-state index is 11.7. The van der Waals surface area contributed by atoms with Gasteiger partial charge in [-0.15, -0.1) is 0 Å². The Balaban J connectivity index is 2.70. The first-order valence-electron chi connectivity index (χ1n) is 6.56. The number of rotatable bonds is 6. The monoisotopic (exact) mass is 298 g/mol. The van der Waals surface area contributed by atoms with Gasteiger partial charge in [0.1, 0.15) is 0 Å². The third kappa shape index (κ3) is 4.85. The molecule has 1 unspecified atom stereocenters. The SMILES string of the molecule is CCC(C)NC(=O)Cc1ccc(N(C)S(C)(=O)=O)cc1. The van der Waals surface area contributed by atoms with Crippen LogP contribution in [0.25, 0.3) is 0 Å². The Bertz CT molecular complexity index is 552. The van der Waals surface area contributed by atoms with E-state index in [0.717, 1.165) is 18.2 Å². The zero-order valence-corrected chi connectivity index (χ0v) is 13.2. The Morgan fingerprint density at radius 1 is 1.30 bits per heavy atom. The van der Waals surface area contributed by atoms with Gasteiger partial charge in [-0.1, -0.05) is 19.1 Å². The van der Waals surface area contributed by atoms with Crippen LogP contribution in [0.2, 0.25) is 0 Å². The highest BCUT2D eigenvalue weighted by atomic mass is 32.2. The van der Waals surface area contributed by atoms with Crippen LogP contribution >= 0.6 is 0 Å². The molecule has 0 fully saturated rings. The molecule has 0 saturated heterocycles. The highest BCUT2D eigenvalue weighted by molar-refractivity contribution is 7.92. The van der Waals surface area contributed by atoms with Crippen molar-refractivity contribution in [2.75, 3.05) is 17.6 Å². The highest BCUT2D eigenvalue weighted by Crippen LogP contribution is 2.16. The van der Waals surface area contributed by atoms with Crippen LogP contribution in [0.4, 0.5) is 5.69 Å². The molecule has 0 radical (unpaired) electrons. The van der Waals surface area contributed by atoms with Crippen LogP contribution in [-0.4, -0.2) is 33.7 Å². The number of carbonyl (C=O) groups is 1. The second-order valence-electron chi connectivity index (χ2n) is 4.95. The van der Waals surface area contributed by atoms with Gasteiger partial charge in [-0.3, -0.25) is 9.10 Å². The molecule has 1 aromatic rings. The van der Waals surface area contributed by atoms with E-state index in [4.69, 9.17) is 0 Å². The van der Waals surface area contributed by atoms with Gasteiger partial charge in [0.2, 0.25) is 15.9 Å². The molecule has 0 aliphatic carbocycles. The molecule has 0 aliphatic heterocycles. The van der Waals surface area contributed by atoms with E-state index < -0.39 is 10.0 Å². The summed E-state index contributed by atoms with van der Waals surface area (Å²) in [6.45, 7) is 3.98. The molecule has 0 bridgehead atoms. The standard InChI is InChI=1S/C14H22N2O3S/c1-5-11(2)15-14(17)10-12-6-8-13(9-7-12)16(3)20(4,18)19/h6-9,11H,5,10H2,1-4H3,(H,15,17). The molecule has 0 saturated carbocycles. The second-order valence-corrected chi connectivity index (χ2v) is 6.96. The quantitative estimate of drug-likeness (QED) is 0.866. The molecule has 1 amide bonds. The lowest BCUT2D eigenvalue weighted by atomic mass is 10.1. The Kier molecular flexibility index (Phi) is 5.56. The molecule has 112 valence electrons. The van der Waals surface area contributed by atoms with E-state index >= 15 is 0 Å². The number of hydrogen-bond donors (Lipinski definition) is 1. The highest BCUT2D eigenvalue weighted by Gasteiger charge is 2.12. The summed E-state index contributed by atoms with van der Waals surface area (Å²) < 4.78 is 24.0. The number of sulfonamides is 1. The Hall–Kier alpha value is -1.56. The van der Waals surface area contributed by atoms with Crippen molar-refractivity contribution >= 4 is 21.6 Å². The van der Waals surface area contributed by atoms with Crippen molar-refractivity contribution in [3.05, 3.63) is 29.8 Å². The fourth-order valence-electron chi connectivity index (χ4n) is 1.63. The number of anilines is 1. The van der Waals surface area contributed by atoms with E-state index in [-0.39, 0.29) is 11.9 Å². The number of amides is 1. The Morgan fingerprint density at radius 3 is 2.30 bits per heavy atom. The van der Waals surface area contributed by atoms with Gasteiger partial charge in [0.15, 0.2) is 0 Å². The van der Waals surface area contributed by atoms with Gasteiger partial charge in [0, 0.05) is 13.1 Å². The van der Waals surface area contributed by atoms with Crippen LogP contribution in [0.3, 0.4) is 0 Å². The summed E-state index contributed by atoms with van der Waals surface area (Å²) in [5, 5.41) is 2.89. The van der Waals surface area contributed by atoms with Gasteiger partial charge in [-0.25, -0.2) is 8.42 Å². The molecule has 0 aliphatic rings. The normalized spacial score (nSPS) is 12.8. The molecule has 1 aromatic carbocycles. The van der Waals surface area contributed by atoms with E-state index in [9.17, 15) is 13.2 Å². The maximum Gasteiger partial charge on any atom is 0.231 e. The predicted molar refractivity (Wildman–Crippen MR) is 81.3 cm³/mol. The summed E-state index contributed by atoms with van der Waals surface area (Å²) in [4.78, 5) is 11.7. The summed E-state index contributed by atoms with van der Waals surface area (Å²) in [5.74, 6) is -0.0245. The average Bonchev–Trinajstić information content (AvgIpc) is 2.37. The van der Waals surface area contributed by atoms with Crippen molar-refractivity contribution in [3.63, 3.8) is 0 Å². The van der Waals surface area contributed by atoms with E-state index in [1.54, 1.807) is 24.3 Å². The summed E-state index contributed by atoms with van der Waals surface area (Å²) in [6, 6.07) is 7.11. The van der Waals surface area contributed by atoms with E-state index in [1.165, 1.54) is 11.4 Å². The van der Waals surface area contributed by atoms with Crippen molar-refractivity contribution in [1.82, 2.24) is 5.32 Å². The maximum absolute atomic E-state index is 11.7. The van der Waals surface area contributed by atoms with E-state index in [2.05, 4.69) is 5.32 Å². The van der Waals surface area contributed by atoms with Gasteiger partial charge >= 0.3 is 0 Å². The number of hydrogen-bond acceptors (Lipinski definition) is 3. The molecule has 5 nitrogen and oxygen atoms in total. The molecular formula is C14H22N2O3S. The molecule has 0 spiro atoms. The van der Waals surface area contributed by atoms with Gasteiger partial charge in [-0.05, 0) is 31.0 Å². The lowest BCUT2D eigenvalue weighted by Crippen LogP contribution is -2.33. The third-order valence-corrected chi connectivity index (χ3v) is 4.39. The number of nitrogens with one attached hydrogen (secondary N) is 1. The van der Waals surface area contributed by atoms with E-state index in [1.807, 2.05) is 13.8 Å². The molecule has 20 heavy (non-hydrogen) atoms. The molecule has 6 heteroatoms. The third-order valence-electron chi connectivity index (χ3n) is 3.18. The summed E-state index contributed by atoms with van der Waals surface area (Å²) in [5.41, 5.74) is 1.44. The largest absolute Gasteiger partial charge is 0.353 e. The Morgan fingerprint density at radius 2 is 1.85 bits per heavy atom. The molecule has 0 aromatic heterocycles. The van der Waals surface area contributed by atoms with Crippen LogP contribution < -0.4 is 9.62 Å². The van der Waals surface area contributed by atoms with Crippen molar-refractivity contribution in [3.8, 4) is 0 Å². The van der Waals surface area contributed by atoms with Gasteiger partial charge in [0.05, 0.1) is 18.4 Å². The minimum absolute atomic E-state index is 0.0245. The predicted octanol–water partition coefficient (Wildman–Crippen LogP) is 1.54. The Labute approximate surface area is 121 Å². The molecule has 0 heterocycles. The molecule has 1 N–H and O–H groups in total. The van der Waals surface area contributed by atoms with Crippen molar-refractivity contribution < 1.29 is 13.2 Å². The number of nitrogens with zero attached hydrogens (tertiary/aromatic N) is 1. The zero-order valence-electron chi connectivity index (χ0n) is 12.4. The van der Waals surface area contributed by atoms with E-state index in [0.29, 0.717) is 12.1 Å². The van der Waals surface area contributed by atoms with Gasteiger partial charge in [0.25, 0.3) is 0 Å². The first-order valence-corrected chi connectivity index (χ1v) is 8.41. The topological polar surface area (TPSA) is 66.5 Å². The smallest absolute Gasteiger partial charge is 0.231 e. The first-order chi connectivity index (χ1) is 9.24. The van der Waals surface area contributed by atoms with Crippen molar-refractivity contribution in [1.29, 1.82) is 0 Å². The van der Waals surface area contributed by atoms with Gasteiger partial charge in [-0.2, -0.15) is 0 Å². The van der Waals surface area contributed by atoms with Crippen molar-refractivity contribution in [2.45, 2.75) is 32.7 Å². The number of benzene rings is 1. The summed E-state index contributed by atoms with van der Waals surface area (Å²) in [7, 11) is -1.76. The van der Waals surface area contributed by atoms with Crippen LogP contribution in [0.5, 0.6) is 0 Å². The zero-order chi connectivity index (χ0) is 15.3. The van der Waals surface area contributed by atoms with Crippen LogP contribution in [0.15, 0.2) is 24.3 Å². The molecule has 1 rings (SSSR count). The van der Waals surface area contributed by atoms with Crippen molar-refractivity contribution in [2.24, 2.45) is 0 Å². The lowest BCUT2D eigenvalue weighted by Gasteiger charge is -2.17. The van der Waals surface area contributed by atoms with Crippen LogP contribution in [-0.2, 0) is 21.2 Å². The second kappa shape index (κ2) is 6.74. The lowest BCUT2D eigenvalue weighted by molar-refractivity contribution is -0.121. The fraction of sp³-hybridized carbons (Fsp3) is 0.500.